The molecular formula is C26H26N2O5S. The standard InChI is InChI=1S/C26H26N2O5S/c1-5-32-19-12-10-18(11-13-19)28-22(17-8-7-9-20(14-17)33-6-2)21(24(30)26(28)31)23(29)25-15(3)27-16(4)34-25/h7-14,22,30H,5-6H2,1-4H3. The van der Waals surface area contributed by atoms with E-state index in [4.69, 9.17) is 9.47 Å². The second-order valence-corrected chi connectivity index (χ2v) is 8.95. The summed E-state index contributed by atoms with van der Waals surface area (Å²) in [6.07, 6.45) is 0. The van der Waals surface area contributed by atoms with Gasteiger partial charge in [-0.25, -0.2) is 4.98 Å². The number of ketones is 1. The Morgan fingerprint density at radius 1 is 1.06 bits per heavy atom. The van der Waals surface area contributed by atoms with E-state index in [2.05, 4.69) is 4.98 Å². The average molecular weight is 479 g/mol. The summed E-state index contributed by atoms with van der Waals surface area (Å²) in [5.74, 6) is -0.331. The van der Waals surface area contributed by atoms with E-state index in [1.807, 2.05) is 32.9 Å². The normalized spacial score (nSPS) is 15.7. The first-order valence-electron chi connectivity index (χ1n) is 11.1. The van der Waals surface area contributed by atoms with Crippen LogP contribution in [0, 0.1) is 13.8 Å². The molecule has 0 radical (unpaired) electrons. The predicted molar refractivity (Wildman–Crippen MR) is 131 cm³/mol. The summed E-state index contributed by atoms with van der Waals surface area (Å²) in [6.45, 7) is 8.33. The molecule has 0 spiro atoms. The lowest BCUT2D eigenvalue weighted by molar-refractivity contribution is -0.117. The highest BCUT2D eigenvalue weighted by atomic mass is 32.1. The van der Waals surface area contributed by atoms with E-state index < -0.39 is 23.5 Å². The number of thiazole rings is 1. The van der Waals surface area contributed by atoms with E-state index in [1.54, 1.807) is 43.3 Å². The molecule has 1 N–H and O–H groups in total. The number of carbonyl (C=O) groups excluding carboxylic acids is 2. The van der Waals surface area contributed by atoms with Crippen LogP contribution >= 0.6 is 11.3 Å². The lowest BCUT2D eigenvalue weighted by atomic mass is 9.94. The molecule has 0 bridgehead atoms. The Balaban J connectivity index is 1.85. The maximum Gasteiger partial charge on any atom is 0.294 e. The van der Waals surface area contributed by atoms with Gasteiger partial charge in [-0.1, -0.05) is 12.1 Å². The predicted octanol–water partition coefficient (Wildman–Crippen LogP) is 5.34. The summed E-state index contributed by atoms with van der Waals surface area (Å²) in [6, 6.07) is 13.4. The molecule has 0 aliphatic carbocycles. The molecule has 8 heteroatoms. The summed E-state index contributed by atoms with van der Waals surface area (Å²) in [5.41, 5.74) is 1.78. The molecule has 176 valence electrons. The van der Waals surface area contributed by atoms with Gasteiger partial charge in [-0.05, 0) is 69.7 Å². The molecule has 7 nitrogen and oxygen atoms in total. The molecule has 1 aliphatic rings. The van der Waals surface area contributed by atoms with Gasteiger partial charge in [-0.15, -0.1) is 11.3 Å². The molecule has 1 atom stereocenters. The average Bonchev–Trinajstić information content (AvgIpc) is 3.30. The molecule has 1 aromatic heterocycles. The number of anilines is 1. The molecular weight excluding hydrogens is 452 g/mol. The monoisotopic (exact) mass is 478 g/mol. The number of hydrogen-bond donors (Lipinski definition) is 1. The Morgan fingerprint density at radius 3 is 2.35 bits per heavy atom. The highest BCUT2D eigenvalue weighted by molar-refractivity contribution is 7.14. The summed E-state index contributed by atoms with van der Waals surface area (Å²) in [5, 5.41) is 11.7. The Morgan fingerprint density at radius 2 is 1.74 bits per heavy atom. The fourth-order valence-corrected chi connectivity index (χ4v) is 4.97. The van der Waals surface area contributed by atoms with Crippen molar-refractivity contribution in [2.24, 2.45) is 0 Å². The van der Waals surface area contributed by atoms with Gasteiger partial charge in [0.25, 0.3) is 5.91 Å². The largest absolute Gasteiger partial charge is 0.503 e. The highest BCUT2D eigenvalue weighted by Crippen LogP contribution is 2.43. The lowest BCUT2D eigenvalue weighted by Crippen LogP contribution is -2.31. The lowest BCUT2D eigenvalue weighted by Gasteiger charge is -2.27. The van der Waals surface area contributed by atoms with Gasteiger partial charge < -0.3 is 14.6 Å². The summed E-state index contributed by atoms with van der Waals surface area (Å²) in [7, 11) is 0. The minimum absolute atomic E-state index is 0.0271. The van der Waals surface area contributed by atoms with Crippen molar-refractivity contribution < 1.29 is 24.2 Å². The SMILES string of the molecule is CCOc1ccc(N2C(=O)C(O)=C(C(=O)c3sc(C)nc3C)C2c2cccc(OCC)c2)cc1. The number of amides is 1. The first kappa shape index (κ1) is 23.5. The van der Waals surface area contributed by atoms with E-state index in [1.165, 1.54) is 16.2 Å². The minimum Gasteiger partial charge on any atom is -0.503 e. The number of rotatable bonds is 8. The van der Waals surface area contributed by atoms with Crippen molar-refractivity contribution in [3.05, 3.63) is 81.0 Å². The molecule has 2 aromatic carbocycles. The van der Waals surface area contributed by atoms with Crippen LogP contribution in [-0.4, -0.2) is 35.0 Å². The van der Waals surface area contributed by atoms with E-state index in [-0.39, 0.29) is 5.57 Å². The van der Waals surface area contributed by atoms with E-state index in [9.17, 15) is 14.7 Å². The van der Waals surface area contributed by atoms with Crippen molar-refractivity contribution in [1.82, 2.24) is 4.98 Å². The van der Waals surface area contributed by atoms with Gasteiger partial charge >= 0.3 is 0 Å². The zero-order chi connectivity index (χ0) is 24.4. The molecule has 1 unspecified atom stereocenters. The molecule has 1 aliphatic heterocycles. The number of benzene rings is 2. The third kappa shape index (κ3) is 4.28. The van der Waals surface area contributed by atoms with Gasteiger partial charge in [0.05, 0.1) is 40.4 Å². The summed E-state index contributed by atoms with van der Waals surface area (Å²) in [4.78, 5) is 33.2. The number of Topliss-reactive ketones (excluding diaryl/α,β-unsaturated/α-hetero) is 1. The number of aryl methyl sites for hydroxylation is 2. The summed E-state index contributed by atoms with van der Waals surface area (Å²) < 4.78 is 11.2. The van der Waals surface area contributed by atoms with Gasteiger partial charge in [0.2, 0.25) is 5.78 Å². The number of nitrogens with zero attached hydrogens (tertiary/aromatic N) is 2. The quantitative estimate of drug-likeness (QED) is 0.440. The van der Waals surface area contributed by atoms with E-state index in [0.29, 0.717) is 46.5 Å². The van der Waals surface area contributed by atoms with Crippen molar-refractivity contribution in [2.75, 3.05) is 18.1 Å². The molecule has 1 amide bonds. The van der Waals surface area contributed by atoms with E-state index in [0.717, 1.165) is 5.01 Å². The van der Waals surface area contributed by atoms with Crippen LogP contribution in [-0.2, 0) is 4.79 Å². The van der Waals surface area contributed by atoms with Crippen molar-refractivity contribution >= 4 is 28.7 Å². The van der Waals surface area contributed by atoms with Crippen LogP contribution in [0.15, 0.2) is 59.9 Å². The maximum absolute atomic E-state index is 13.7. The Kier molecular flexibility index (Phi) is 6.70. The molecule has 34 heavy (non-hydrogen) atoms. The van der Waals surface area contributed by atoms with Crippen LogP contribution in [0.3, 0.4) is 0 Å². The maximum atomic E-state index is 13.7. The van der Waals surface area contributed by atoms with Crippen molar-refractivity contribution in [2.45, 2.75) is 33.7 Å². The Bertz CT molecular complexity index is 1260. The van der Waals surface area contributed by atoms with Crippen LogP contribution in [0.25, 0.3) is 0 Å². The van der Waals surface area contributed by atoms with Crippen LogP contribution in [0.5, 0.6) is 11.5 Å². The third-order valence-electron chi connectivity index (χ3n) is 5.47. The topological polar surface area (TPSA) is 89.0 Å². The first-order chi connectivity index (χ1) is 16.3. The fourth-order valence-electron chi connectivity index (χ4n) is 4.09. The van der Waals surface area contributed by atoms with Gasteiger partial charge in [-0.3, -0.25) is 14.5 Å². The van der Waals surface area contributed by atoms with E-state index >= 15 is 0 Å². The number of hydrogen-bond acceptors (Lipinski definition) is 7. The van der Waals surface area contributed by atoms with Crippen molar-refractivity contribution in [3.8, 4) is 11.5 Å². The number of carbonyl (C=O) groups is 2. The second-order valence-electron chi connectivity index (χ2n) is 7.75. The number of aromatic nitrogens is 1. The highest BCUT2D eigenvalue weighted by Gasteiger charge is 2.45. The second kappa shape index (κ2) is 9.69. The van der Waals surface area contributed by atoms with Crippen molar-refractivity contribution in [3.63, 3.8) is 0 Å². The van der Waals surface area contributed by atoms with Gasteiger partial charge in [0, 0.05) is 5.69 Å². The van der Waals surface area contributed by atoms with Gasteiger partial charge in [0.1, 0.15) is 11.5 Å². The van der Waals surface area contributed by atoms with Crippen LogP contribution < -0.4 is 14.4 Å². The molecule has 0 saturated heterocycles. The van der Waals surface area contributed by atoms with Crippen molar-refractivity contribution in [1.29, 1.82) is 0 Å². The Labute approximate surface area is 202 Å². The van der Waals surface area contributed by atoms with Gasteiger partial charge in [0.15, 0.2) is 5.76 Å². The number of aliphatic hydroxyl groups is 1. The fraction of sp³-hybridized carbons (Fsp3) is 0.269. The molecule has 4 rings (SSSR count). The number of aliphatic hydroxyl groups excluding tert-OH is 1. The smallest absolute Gasteiger partial charge is 0.294 e. The number of ether oxygens (including phenoxy) is 2. The summed E-state index contributed by atoms with van der Waals surface area (Å²) >= 11 is 1.25. The van der Waals surface area contributed by atoms with Crippen LogP contribution in [0.1, 0.15) is 45.8 Å². The Hall–Kier alpha value is -3.65. The van der Waals surface area contributed by atoms with Crippen LogP contribution in [0.2, 0.25) is 0 Å². The first-order valence-corrected chi connectivity index (χ1v) is 11.9. The minimum atomic E-state index is -0.833. The molecule has 0 saturated carbocycles. The molecule has 0 fully saturated rings. The molecule has 3 aromatic rings. The molecule has 2 heterocycles. The zero-order valence-corrected chi connectivity index (χ0v) is 20.3. The zero-order valence-electron chi connectivity index (χ0n) is 19.5. The van der Waals surface area contributed by atoms with Crippen LogP contribution in [0.4, 0.5) is 5.69 Å². The van der Waals surface area contributed by atoms with Gasteiger partial charge in [-0.2, -0.15) is 0 Å². The third-order valence-corrected chi connectivity index (χ3v) is 6.54.